The summed E-state index contributed by atoms with van der Waals surface area (Å²) in [6.45, 7) is 5.19. The number of nitrogens with one attached hydrogen (secondary N) is 1. The zero-order chi connectivity index (χ0) is 11.8. The minimum Gasteiger partial charge on any atom is -0.362 e. The number of para-hydroxylation sites is 1. The van der Waals surface area contributed by atoms with Gasteiger partial charge >= 0.3 is 0 Å². The lowest BCUT2D eigenvalue weighted by Crippen LogP contribution is -2.28. The largest absolute Gasteiger partial charge is 0.362 e. The van der Waals surface area contributed by atoms with Crippen molar-refractivity contribution >= 4 is 5.69 Å². The Morgan fingerprint density at radius 1 is 1.41 bits per heavy atom. The Hall–Kier alpha value is -1.77. The van der Waals surface area contributed by atoms with Gasteiger partial charge in [-0.2, -0.15) is 0 Å². The average molecular weight is 227 g/mol. The van der Waals surface area contributed by atoms with Gasteiger partial charge in [-0.3, -0.25) is 0 Å². The van der Waals surface area contributed by atoms with Gasteiger partial charge in [-0.15, -0.1) is 0 Å². The molecule has 88 valence electrons. The third kappa shape index (κ3) is 1.82. The van der Waals surface area contributed by atoms with Crippen LogP contribution in [0.15, 0.2) is 30.5 Å². The Labute approximate surface area is 101 Å². The molecule has 0 fully saturated rings. The topological polar surface area (TPSA) is 31.9 Å². The first kappa shape index (κ1) is 10.4. The molecular formula is C14H17N3. The first-order valence-corrected chi connectivity index (χ1v) is 6.09. The highest BCUT2D eigenvalue weighted by Gasteiger charge is 2.25. The molecule has 0 spiro atoms. The van der Waals surface area contributed by atoms with Crippen molar-refractivity contribution in [1.29, 1.82) is 0 Å². The fraction of sp³-hybridized carbons (Fsp3) is 0.357. The molecular weight excluding hydrogens is 210 g/mol. The number of anilines is 1. The normalized spacial score (nSPS) is 18.5. The van der Waals surface area contributed by atoms with Gasteiger partial charge in [-0.1, -0.05) is 18.2 Å². The second-order valence-electron chi connectivity index (χ2n) is 4.80. The van der Waals surface area contributed by atoms with Gasteiger partial charge in [0.25, 0.3) is 0 Å². The van der Waals surface area contributed by atoms with Crippen molar-refractivity contribution in [3.63, 3.8) is 0 Å². The molecule has 1 aromatic carbocycles. The highest BCUT2D eigenvalue weighted by molar-refractivity contribution is 5.59. The number of H-pyrrole nitrogens is 1. The summed E-state index contributed by atoms with van der Waals surface area (Å²) in [6, 6.07) is 9.24. The number of aromatic nitrogens is 2. The van der Waals surface area contributed by atoms with E-state index in [4.69, 9.17) is 0 Å². The van der Waals surface area contributed by atoms with Gasteiger partial charge in [-0.05, 0) is 31.9 Å². The number of hydrogen-bond acceptors (Lipinski definition) is 2. The molecule has 3 heteroatoms. The van der Waals surface area contributed by atoms with Crippen LogP contribution in [0, 0.1) is 6.92 Å². The maximum absolute atomic E-state index is 4.26. The molecule has 0 saturated carbocycles. The maximum atomic E-state index is 4.26. The Bertz CT molecular complexity index is 530. The molecule has 17 heavy (non-hydrogen) atoms. The predicted octanol–water partition coefficient (Wildman–Crippen LogP) is 2.67. The van der Waals surface area contributed by atoms with E-state index in [0.29, 0.717) is 6.04 Å². The van der Waals surface area contributed by atoms with Crippen LogP contribution < -0.4 is 4.90 Å². The minimum atomic E-state index is 0.566. The standard InChI is InChI=1S/C14H17N3/c1-10-7-12-5-3-4-6-14(12)17(10)9-13-8-15-11(2)16-13/h3-6,8,10H,7,9H2,1-2H3,(H,15,16). The van der Waals surface area contributed by atoms with E-state index in [2.05, 4.69) is 46.1 Å². The fourth-order valence-electron chi connectivity index (χ4n) is 2.61. The molecule has 0 bridgehead atoms. The Morgan fingerprint density at radius 2 is 2.24 bits per heavy atom. The van der Waals surface area contributed by atoms with Crippen LogP contribution in [0.2, 0.25) is 0 Å². The second kappa shape index (κ2) is 3.91. The van der Waals surface area contributed by atoms with Crippen molar-refractivity contribution < 1.29 is 0 Å². The van der Waals surface area contributed by atoms with Crippen LogP contribution in [0.3, 0.4) is 0 Å². The smallest absolute Gasteiger partial charge is 0.103 e. The van der Waals surface area contributed by atoms with E-state index in [1.54, 1.807) is 0 Å². The first-order valence-electron chi connectivity index (χ1n) is 6.09. The highest BCUT2D eigenvalue weighted by Crippen LogP contribution is 2.32. The van der Waals surface area contributed by atoms with E-state index in [9.17, 15) is 0 Å². The number of imidazole rings is 1. The predicted molar refractivity (Wildman–Crippen MR) is 69.1 cm³/mol. The number of hydrogen-bond donors (Lipinski definition) is 1. The Kier molecular flexibility index (Phi) is 2.39. The van der Waals surface area contributed by atoms with E-state index in [-0.39, 0.29) is 0 Å². The van der Waals surface area contributed by atoms with Crippen LogP contribution in [0.1, 0.15) is 24.0 Å². The molecule has 1 unspecified atom stereocenters. The van der Waals surface area contributed by atoms with Gasteiger partial charge in [-0.25, -0.2) is 4.98 Å². The summed E-state index contributed by atoms with van der Waals surface area (Å²) in [5.74, 6) is 0.986. The van der Waals surface area contributed by atoms with E-state index in [1.165, 1.54) is 16.9 Å². The molecule has 1 aromatic heterocycles. The molecule has 0 saturated heterocycles. The van der Waals surface area contributed by atoms with Gasteiger partial charge in [0.05, 0.1) is 18.4 Å². The zero-order valence-corrected chi connectivity index (χ0v) is 10.3. The van der Waals surface area contributed by atoms with Gasteiger partial charge < -0.3 is 9.88 Å². The number of aryl methyl sites for hydroxylation is 1. The van der Waals surface area contributed by atoms with E-state index in [0.717, 1.165) is 18.8 Å². The van der Waals surface area contributed by atoms with Crippen LogP contribution in [-0.2, 0) is 13.0 Å². The molecule has 3 nitrogen and oxygen atoms in total. The van der Waals surface area contributed by atoms with Crippen molar-refractivity contribution in [2.24, 2.45) is 0 Å². The van der Waals surface area contributed by atoms with Crippen LogP contribution >= 0.6 is 0 Å². The van der Waals surface area contributed by atoms with Gasteiger partial charge in [0.1, 0.15) is 5.82 Å². The summed E-state index contributed by atoms with van der Waals surface area (Å²) >= 11 is 0. The van der Waals surface area contributed by atoms with Crippen molar-refractivity contribution in [1.82, 2.24) is 9.97 Å². The first-order chi connectivity index (χ1) is 8.24. The van der Waals surface area contributed by atoms with Crippen molar-refractivity contribution in [2.45, 2.75) is 32.9 Å². The van der Waals surface area contributed by atoms with Gasteiger partial charge in [0.15, 0.2) is 0 Å². The summed E-state index contributed by atoms with van der Waals surface area (Å²) in [5.41, 5.74) is 4.01. The van der Waals surface area contributed by atoms with E-state index in [1.807, 2.05) is 13.1 Å². The van der Waals surface area contributed by atoms with Crippen molar-refractivity contribution in [3.8, 4) is 0 Å². The number of rotatable bonds is 2. The number of aromatic amines is 1. The number of nitrogens with zero attached hydrogens (tertiary/aromatic N) is 2. The van der Waals surface area contributed by atoms with Gasteiger partial charge in [0, 0.05) is 11.7 Å². The molecule has 0 radical (unpaired) electrons. The summed E-state index contributed by atoms with van der Waals surface area (Å²) in [6.07, 6.45) is 3.08. The lowest BCUT2D eigenvalue weighted by atomic mass is 10.1. The summed E-state index contributed by atoms with van der Waals surface area (Å²) in [5, 5.41) is 0. The highest BCUT2D eigenvalue weighted by atomic mass is 15.2. The summed E-state index contributed by atoms with van der Waals surface area (Å²) in [7, 11) is 0. The lowest BCUT2D eigenvalue weighted by Gasteiger charge is -2.24. The van der Waals surface area contributed by atoms with Crippen LogP contribution in [0.5, 0.6) is 0 Å². The molecule has 1 aliphatic rings. The van der Waals surface area contributed by atoms with Crippen LogP contribution in [0.4, 0.5) is 5.69 Å². The lowest BCUT2D eigenvalue weighted by molar-refractivity contribution is 0.666. The average Bonchev–Trinajstić information content (AvgIpc) is 2.85. The summed E-state index contributed by atoms with van der Waals surface area (Å²) in [4.78, 5) is 10.0. The van der Waals surface area contributed by atoms with Crippen molar-refractivity contribution in [3.05, 3.63) is 47.5 Å². The molecule has 1 N–H and O–H groups in total. The SMILES string of the molecule is Cc1ncc(CN2c3ccccc3CC2C)[nH]1. The van der Waals surface area contributed by atoms with E-state index < -0.39 is 0 Å². The summed E-state index contributed by atoms with van der Waals surface area (Å²) < 4.78 is 0. The molecule has 1 atom stereocenters. The third-order valence-electron chi connectivity index (χ3n) is 3.44. The minimum absolute atomic E-state index is 0.566. The number of benzene rings is 1. The molecule has 1 aliphatic heterocycles. The zero-order valence-electron chi connectivity index (χ0n) is 10.3. The second-order valence-corrected chi connectivity index (χ2v) is 4.80. The quantitative estimate of drug-likeness (QED) is 0.855. The Balaban J connectivity index is 1.88. The van der Waals surface area contributed by atoms with Crippen LogP contribution in [0.25, 0.3) is 0 Å². The maximum Gasteiger partial charge on any atom is 0.103 e. The fourth-order valence-corrected chi connectivity index (χ4v) is 2.61. The third-order valence-corrected chi connectivity index (χ3v) is 3.44. The molecule has 2 heterocycles. The number of fused-ring (bicyclic) bond motifs is 1. The Morgan fingerprint density at radius 3 is 3.00 bits per heavy atom. The van der Waals surface area contributed by atoms with E-state index >= 15 is 0 Å². The van der Waals surface area contributed by atoms with Gasteiger partial charge in [0.2, 0.25) is 0 Å². The van der Waals surface area contributed by atoms with Crippen molar-refractivity contribution in [2.75, 3.05) is 4.90 Å². The van der Waals surface area contributed by atoms with Crippen LogP contribution in [-0.4, -0.2) is 16.0 Å². The monoisotopic (exact) mass is 227 g/mol. The molecule has 3 rings (SSSR count). The molecule has 2 aromatic rings. The molecule has 0 aliphatic carbocycles. The molecule has 0 amide bonds.